The summed E-state index contributed by atoms with van der Waals surface area (Å²) in [4.78, 5) is 15.3. The van der Waals surface area contributed by atoms with Crippen molar-refractivity contribution in [2.75, 3.05) is 0 Å². The molecule has 0 unspecified atom stereocenters. The highest BCUT2D eigenvalue weighted by molar-refractivity contribution is 5.97. The lowest BCUT2D eigenvalue weighted by Crippen LogP contribution is -2.06. The summed E-state index contributed by atoms with van der Waals surface area (Å²) in [5, 5.41) is 0. The van der Waals surface area contributed by atoms with Crippen LogP contribution >= 0.6 is 0 Å². The van der Waals surface area contributed by atoms with Gasteiger partial charge in [0.15, 0.2) is 11.6 Å². The predicted molar refractivity (Wildman–Crippen MR) is 58.6 cm³/mol. The van der Waals surface area contributed by atoms with E-state index in [4.69, 9.17) is 0 Å². The highest BCUT2D eigenvalue weighted by Gasteiger charge is 2.12. The van der Waals surface area contributed by atoms with Gasteiger partial charge in [-0.25, -0.2) is 8.78 Å². The van der Waals surface area contributed by atoms with Crippen LogP contribution in [0.3, 0.4) is 0 Å². The summed E-state index contributed by atoms with van der Waals surface area (Å²) in [6, 6.07) is 7.01. The molecular weight excluding hydrogens is 224 g/mol. The molecule has 1 aromatic carbocycles. The Kier molecular flexibility index (Phi) is 3.23. The van der Waals surface area contributed by atoms with E-state index in [0.717, 1.165) is 6.20 Å². The first-order valence-electron chi connectivity index (χ1n) is 5.04. The molecule has 0 bridgehead atoms. The number of rotatable bonds is 3. The third-order valence-electron chi connectivity index (χ3n) is 2.33. The maximum absolute atomic E-state index is 13.3. The molecule has 0 radical (unpaired) electrons. The molecule has 1 heterocycles. The van der Waals surface area contributed by atoms with Crippen molar-refractivity contribution in [1.82, 2.24) is 4.98 Å². The summed E-state index contributed by atoms with van der Waals surface area (Å²) in [5.74, 6) is -1.46. The summed E-state index contributed by atoms with van der Waals surface area (Å²) in [6.07, 6.45) is 2.30. The highest BCUT2D eigenvalue weighted by Crippen LogP contribution is 2.11. The van der Waals surface area contributed by atoms with E-state index in [1.165, 1.54) is 30.5 Å². The molecule has 4 heteroatoms. The molecule has 0 fully saturated rings. The van der Waals surface area contributed by atoms with Crippen LogP contribution in [0.15, 0.2) is 42.7 Å². The number of Topliss-reactive ketones (excluding diaryl/α,β-unsaturated/α-hetero) is 1. The molecule has 2 aromatic rings. The van der Waals surface area contributed by atoms with Gasteiger partial charge in [0, 0.05) is 12.6 Å². The number of hydrogen-bond acceptors (Lipinski definition) is 2. The van der Waals surface area contributed by atoms with Crippen LogP contribution in [-0.2, 0) is 6.42 Å². The number of carbonyl (C=O) groups is 1. The topological polar surface area (TPSA) is 30.0 Å². The van der Waals surface area contributed by atoms with Crippen LogP contribution in [0.4, 0.5) is 8.78 Å². The molecule has 0 aliphatic rings. The van der Waals surface area contributed by atoms with E-state index in [2.05, 4.69) is 4.98 Å². The molecule has 0 spiro atoms. The van der Waals surface area contributed by atoms with Crippen LogP contribution in [0.2, 0.25) is 0 Å². The lowest BCUT2D eigenvalue weighted by atomic mass is 10.0. The molecule has 2 nitrogen and oxygen atoms in total. The van der Waals surface area contributed by atoms with Gasteiger partial charge in [0.05, 0.1) is 11.8 Å². The van der Waals surface area contributed by atoms with E-state index in [9.17, 15) is 13.6 Å². The van der Waals surface area contributed by atoms with Crippen LogP contribution in [0.1, 0.15) is 15.9 Å². The van der Waals surface area contributed by atoms with E-state index in [0.29, 0.717) is 5.56 Å². The van der Waals surface area contributed by atoms with E-state index >= 15 is 0 Å². The Morgan fingerprint density at radius 1 is 1.24 bits per heavy atom. The van der Waals surface area contributed by atoms with Gasteiger partial charge in [-0.05, 0) is 23.8 Å². The second kappa shape index (κ2) is 4.82. The standard InChI is InChI=1S/C13H9F2NO/c14-10-3-1-2-9(6-10)7-13(17)11-4-5-16-8-12(11)15/h1-6,8H,7H2. The zero-order valence-corrected chi connectivity index (χ0v) is 8.86. The van der Waals surface area contributed by atoms with Gasteiger partial charge in [0.2, 0.25) is 0 Å². The maximum atomic E-state index is 13.3. The Morgan fingerprint density at radius 3 is 2.76 bits per heavy atom. The Hall–Kier alpha value is -2.10. The van der Waals surface area contributed by atoms with E-state index in [1.54, 1.807) is 6.07 Å². The van der Waals surface area contributed by atoms with Crippen molar-refractivity contribution >= 4 is 5.78 Å². The van der Waals surface area contributed by atoms with Crippen molar-refractivity contribution < 1.29 is 13.6 Å². The summed E-state index contributed by atoms with van der Waals surface area (Å²) < 4.78 is 26.2. The first-order chi connectivity index (χ1) is 8.16. The van der Waals surface area contributed by atoms with Crippen LogP contribution in [0, 0.1) is 11.6 Å². The average Bonchev–Trinajstić information content (AvgIpc) is 2.29. The minimum atomic E-state index is -0.658. The van der Waals surface area contributed by atoms with Crippen molar-refractivity contribution in [2.45, 2.75) is 6.42 Å². The SMILES string of the molecule is O=C(Cc1cccc(F)c1)c1ccncc1F. The van der Waals surface area contributed by atoms with Gasteiger partial charge in [-0.15, -0.1) is 0 Å². The molecule has 0 amide bonds. The van der Waals surface area contributed by atoms with Crippen LogP contribution in [0.5, 0.6) is 0 Å². The van der Waals surface area contributed by atoms with Gasteiger partial charge in [0.1, 0.15) is 5.82 Å². The Bertz CT molecular complexity index is 555. The number of carbonyl (C=O) groups excluding carboxylic acids is 1. The smallest absolute Gasteiger partial charge is 0.170 e. The molecule has 2 rings (SSSR count). The van der Waals surface area contributed by atoms with Crippen LogP contribution < -0.4 is 0 Å². The predicted octanol–water partition coefficient (Wildman–Crippen LogP) is 2.79. The number of benzene rings is 1. The maximum Gasteiger partial charge on any atom is 0.170 e. The number of hydrogen-bond donors (Lipinski definition) is 0. The molecule has 0 saturated carbocycles. The first kappa shape index (κ1) is 11.4. The van der Waals surface area contributed by atoms with Gasteiger partial charge in [0.25, 0.3) is 0 Å². The van der Waals surface area contributed by atoms with Crippen molar-refractivity contribution in [2.24, 2.45) is 0 Å². The molecule has 1 aromatic heterocycles. The van der Waals surface area contributed by atoms with Gasteiger partial charge in [-0.1, -0.05) is 12.1 Å². The quantitative estimate of drug-likeness (QED) is 0.763. The van der Waals surface area contributed by atoms with E-state index < -0.39 is 17.4 Å². The van der Waals surface area contributed by atoms with Crippen molar-refractivity contribution in [1.29, 1.82) is 0 Å². The Labute approximate surface area is 96.9 Å². The first-order valence-corrected chi connectivity index (χ1v) is 5.04. The normalized spacial score (nSPS) is 10.2. The highest BCUT2D eigenvalue weighted by atomic mass is 19.1. The summed E-state index contributed by atoms with van der Waals surface area (Å²) in [5.41, 5.74) is 0.496. The number of ketones is 1. The monoisotopic (exact) mass is 233 g/mol. The molecular formula is C13H9F2NO. The molecule has 0 atom stereocenters. The van der Waals surface area contributed by atoms with E-state index in [1.807, 2.05) is 0 Å². The summed E-state index contributed by atoms with van der Waals surface area (Å²) in [6.45, 7) is 0. The number of aromatic nitrogens is 1. The molecule has 17 heavy (non-hydrogen) atoms. The fourth-order valence-corrected chi connectivity index (χ4v) is 1.53. The fourth-order valence-electron chi connectivity index (χ4n) is 1.53. The van der Waals surface area contributed by atoms with E-state index in [-0.39, 0.29) is 12.0 Å². The average molecular weight is 233 g/mol. The molecule has 86 valence electrons. The van der Waals surface area contributed by atoms with Gasteiger partial charge >= 0.3 is 0 Å². The second-order valence-corrected chi connectivity index (χ2v) is 3.59. The second-order valence-electron chi connectivity index (χ2n) is 3.59. The molecule has 0 aliphatic carbocycles. The van der Waals surface area contributed by atoms with Crippen molar-refractivity contribution in [3.8, 4) is 0 Å². The zero-order chi connectivity index (χ0) is 12.3. The minimum Gasteiger partial charge on any atom is -0.294 e. The summed E-state index contributed by atoms with van der Waals surface area (Å²) >= 11 is 0. The number of halogens is 2. The lowest BCUT2D eigenvalue weighted by molar-refractivity contribution is 0.0989. The molecule has 0 aliphatic heterocycles. The third kappa shape index (κ3) is 2.72. The van der Waals surface area contributed by atoms with Crippen molar-refractivity contribution in [3.63, 3.8) is 0 Å². The van der Waals surface area contributed by atoms with Gasteiger partial charge < -0.3 is 0 Å². The van der Waals surface area contributed by atoms with Crippen LogP contribution in [0.25, 0.3) is 0 Å². The Morgan fingerprint density at radius 2 is 2.06 bits per heavy atom. The van der Waals surface area contributed by atoms with Crippen molar-refractivity contribution in [3.05, 3.63) is 65.5 Å². The Balaban J connectivity index is 2.20. The fraction of sp³-hybridized carbons (Fsp3) is 0.0769. The molecule has 0 saturated heterocycles. The molecule has 0 N–H and O–H groups in total. The zero-order valence-electron chi connectivity index (χ0n) is 8.86. The van der Waals surface area contributed by atoms with Crippen LogP contribution in [-0.4, -0.2) is 10.8 Å². The van der Waals surface area contributed by atoms with Gasteiger partial charge in [-0.3, -0.25) is 9.78 Å². The number of pyridine rings is 1. The third-order valence-corrected chi connectivity index (χ3v) is 2.33. The minimum absolute atomic E-state index is 0.0238. The largest absolute Gasteiger partial charge is 0.294 e. The number of nitrogens with zero attached hydrogens (tertiary/aromatic N) is 1. The lowest BCUT2D eigenvalue weighted by Gasteiger charge is -2.02. The van der Waals surface area contributed by atoms with Gasteiger partial charge in [-0.2, -0.15) is 0 Å². The summed E-state index contributed by atoms with van der Waals surface area (Å²) in [7, 11) is 0.